The number of nitrogens with two attached hydrogens (primary N) is 1. The van der Waals surface area contributed by atoms with Gasteiger partial charge in [-0.1, -0.05) is 13.3 Å². The van der Waals surface area contributed by atoms with Crippen molar-refractivity contribution >= 4 is 23.6 Å². The Hall–Kier alpha value is -1.09. The fourth-order valence-corrected chi connectivity index (χ4v) is 6.78. The summed E-state index contributed by atoms with van der Waals surface area (Å²) >= 11 is 1.62. The van der Waals surface area contributed by atoms with E-state index >= 15 is 0 Å². The molecule has 0 aromatic heterocycles. The van der Waals surface area contributed by atoms with E-state index in [-0.39, 0.29) is 23.6 Å². The summed E-state index contributed by atoms with van der Waals surface area (Å²) in [6.45, 7) is 5.48. The highest BCUT2D eigenvalue weighted by atomic mass is 32.2. The Morgan fingerprint density at radius 2 is 2.04 bits per heavy atom. The van der Waals surface area contributed by atoms with E-state index in [4.69, 9.17) is 5.73 Å². The number of nitrogens with zero attached hydrogens (tertiary/aromatic N) is 2. The van der Waals surface area contributed by atoms with Crippen molar-refractivity contribution in [3.63, 3.8) is 0 Å². The number of thioether (sulfide) groups is 1. The molecule has 4 aliphatic rings. The van der Waals surface area contributed by atoms with Crippen molar-refractivity contribution in [1.82, 2.24) is 9.80 Å². The van der Waals surface area contributed by atoms with Crippen molar-refractivity contribution in [2.75, 3.05) is 13.1 Å². The Morgan fingerprint density at radius 3 is 2.63 bits per heavy atom. The first-order valence-electron chi connectivity index (χ1n) is 9.94. The molecule has 3 heterocycles. The summed E-state index contributed by atoms with van der Waals surface area (Å²) in [4.78, 5) is 28.9. The molecular formula is C19H29N3O4S. The van der Waals surface area contributed by atoms with Crippen LogP contribution in [0.2, 0.25) is 0 Å². The number of rotatable bonds is 5. The minimum Gasteiger partial charge on any atom is -0.477 e. The van der Waals surface area contributed by atoms with E-state index in [0.717, 1.165) is 30.8 Å². The molecular weight excluding hydrogens is 366 g/mol. The lowest BCUT2D eigenvalue weighted by molar-refractivity contribution is -0.163. The second-order valence-electron chi connectivity index (χ2n) is 8.55. The molecule has 7 nitrogen and oxygen atoms in total. The normalized spacial score (nSPS) is 38.4. The van der Waals surface area contributed by atoms with Crippen molar-refractivity contribution in [2.24, 2.45) is 17.6 Å². The van der Waals surface area contributed by atoms with Crippen LogP contribution in [0.5, 0.6) is 0 Å². The predicted molar refractivity (Wildman–Crippen MR) is 103 cm³/mol. The lowest BCUT2D eigenvalue weighted by Gasteiger charge is -2.47. The van der Waals surface area contributed by atoms with Gasteiger partial charge in [0.15, 0.2) is 0 Å². The number of hydrogen-bond acceptors (Lipinski definition) is 6. The minimum atomic E-state index is -1.04. The molecule has 0 unspecified atom stereocenters. The number of aliphatic hydroxyl groups is 1. The Kier molecular flexibility index (Phi) is 5.03. The topological polar surface area (TPSA) is 107 Å². The monoisotopic (exact) mass is 395 g/mol. The number of β-lactam (4-membered cyclic amide) rings is 1. The number of carbonyl (C=O) groups is 2. The van der Waals surface area contributed by atoms with Gasteiger partial charge < -0.3 is 20.8 Å². The number of likely N-dealkylation sites (tertiary alicyclic amines) is 1. The van der Waals surface area contributed by atoms with Gasteiger partial charge in [-0.25, -0.2) is 4.79 Å². The van der Waals surface area contributed by atoms with Gasteiger partial charge in [0.25, 0.3) is 0 Å². The van der Waals surface area contributed by atoms with Gasteiger partial charge in [0.1, 0.15) is 5.70 Å². The second kappa shape index (κ2) is 7.06. The Morgan fingerprint density at radius 1 is 1.33 bits per heavy atom. The summed E-state index contributed by atoms with van der Waals surface area (Å²) in [6.07, 6.45) is 3.80. The van der Waals surface area contributed by atoms with Gasteiger partial charge in [-0.2, -0.15) is 0 Å². The average molecular weight is 396 g/mol. The Balaban J connectivity index is 1.43. The molecule has 4 rings (SSSR count). The molecule has 8 heteroatoms. The predicted octanol–water partition coefficient (Wildman–Crippen LogP) is 0.827. The quantitative estimate of drug-likeness (QED) is 0.592. The van der Waals surface area contributed by atoms with Crippen LogP contribution in [0.1, 0.15) is 39.5 Å². The van der Waals surface area contributed by atoms with Crippen LogP contribution in [0.25, 0.3) is 0 Å². The van der Waals surface area contributed by atoms with E-state index < -0.39 is 18.0 Å². The number of carboxylic acid groups (broad SMARTS) is 1. The summed E-state index contributed by atoms with van der Waals surface area (Å²) < 4.78 is 0. The molecule has 0 radical (unpaired) electrons. The van der Waals surface area contributed by atoms with E-state index in [1.54, 1.807) is 18.7 Å². The highest BCUT2D eigenvalue weighted by molar-refractivity contribution is 8.03. The largest absolute Gasteiger partial charge is 0.477 e. The van der Waals surface area contributed by atoms with Crippen LogP contribution in [0, 0.1) is 11.8 Å². The number of amides is 1. The zero-order chi connectivity index (χ0) is 19.5. The third-order valence-electron chi connectivity index (χ3n) is 6.68. The molecule has 2 saturated heterocycles. The van der Waals surface area contributed by atoms with Crippen LogP contribution in [-0.4, -0.2) is 74.5 Å². The number of carbonyl (C=O) groups excluding carboxylic acids is 1. The van der Waals surface area contributed by atoms with Gasteiger partial charge in [-0.05, 0) is 26.2 Å². The van der Waals surface area contributed by atoms with Gasteiger partial charge >= 0.3 is 5.97 Å². The summed E-state index contributed by atoms with van der Waals surface area (Å²) in [6, 6.07) is 0.637. The first-order chi connectivity index (χ1) is 12.8. The van der Waals surface area contributed by atoms with Crippen molar-refractivity contribution in [3.8, 4) is 0 Å². The molecule has 4 N–H and O–H groups in total. The van der Waals surface area contributed by atoms with Crippen molar-refractivity contribution < 1.29 is 19.8 Å². The number of carboxylic acids is 1. The van der Waals surface area contributed by atoms with Crippen LogP contribution < -0.4 is 5.73 Å². The fourth-order valence-electron chi connectivity index (χ4n) is 5.23. The molecule has 1 aliphatic carbocycles. The standard InChI is InChI=1S/C19H29N3O4S/c1-9-15-14(10(2)23)18(24)22(15)16(19(25)26)17(9)27-13-7-21(8-13)12-5-3-4-11(20)6-12/h9-15,23H,3-8,20H2,1-2H3,(H,25,26)/t9-,10-,11-,12-,14-,15-/m1/s1. The average Bonchev–Trinajstić information content (AvgIpc) is 2.79. The molecule has 0 spiro atoms. The van der Waals surface area contributed by atoms with Crippen LogP contribution in [0.3, 0.4) is 0 Å². The highest BCUT2D eigenvalue weighted by Crippen LogP contribution is 2.52. The van der Waals surface area contributed by atoms with Crippen molar-refractivity contribution in [3.05, 3.63) is 10.6 Å². The lowest BCUT2D eigenvalue weighted by Crippen LogP contribution is -2.63. The lowest BCUT2D eigenvalue weighted by atomic mass is 9.79. The molecule has 3 aliphatic heterocycles. The molecule has 1 amide bonds. The highest BCUT2D eigenvalue weighted by Gasteiger charge is 2.60. The first-order valence-corrected chi connectivity index (χ1v) is 10.8. The minimum absolute atomic E-state index is 0.0458. The molecule has 6 atom stereocenters. The van der Waals surface area contributed by atoms with Crippen LogP contribution in [0.4, 0.5) is 0 Å². The zero-order valence-corrected chi connectivity index (χ0v) is 16.7. The Bertz CT molecular complexity index is 676. The van der Waals surface area contributed by atoms with Crippen molar-refractivity contribution in [2.45, 2.75) is 69.0 Å². The number of aliphatic carboxylic acids is 1. The number of fused-ring (bicyclic) bond motifs is 1. The van der Waals surface area contributed by atoms with Crippen LogP contribution in [0.15, 0.2) is 10.6 Å². The summed E-state index contributed by atoms with van der Waals surface area (Å²) in [5.41, 5.74) is 6.24. The number of hydrogen-bond donors (Lipinski definition) is 3. The summed E-state index contributed by atoms with van der Waals surface area (Å²) in [5.74, 6) is -1.84. The molecule has 0 aromatic rings. The van der Waals surface area contributed by atoms with E-state index in [0.29, 0.717) is 17.3 Å². The molecule has 1 saturated carbocycles. The van der Waals surface area contributed by atoms with Gasteiger partial charge in [0.05, 0.1) is 18.1 Å². The Labute approximate surface area is 163 Å². The van der Waals surface area contributed by atoms with Gasteiger partial charge in [-0.3, -0.25) is 9.69 Å². The first kappa shape index (κ1) is 19.2. The zero-order valence-electron chi connectivity index (χ0n) is 15.9. The van der Waals surface area contributed by atoms with Crippen LogP contribution >= 0.6 is 11.8 Å². The SMILES string of the molecule is C[C@@H](O)[C@H]1C(=O)N2C(C(=O)O)=C(SC3CN([C@@H]4CCC[C@@H](N)C4)C3)[C@H](C)[C@H]12. The maximum Gasteiger partial charge on any atom is 0.353 e. The third kappa shape index (κ3) is 3.10. The van der Waals surface area contributed by atoms with Gasteiger partial charge in [0.2, 0.25) is 5.91 Å². The fraction of sp³-hybridized carbons (Fsp3) is 0.789. The molecule has 0 aromatic carbocycles. The van der Waals surface area contributed by atoms with E-state index in [2.05, 4.69) is 4.90 Å². The van der Waals surface area contributed by atoms with E-state index in [1.165, 1.54) is 17.7 Å². The summed E-state index contributed by atoms with van der Waals surface area (Å²) in [5, 5.41) is 20.0. The van der Waals surface area contributed by atoms with Crippen molar-refractivity contribution in [1.29, 1.82) is 0 Å². The maximum absolute atomic E-state index is 12.4. The van der Waals surface area contributed by atoms with Gasteiger partial charge in [-0.15, -0.1) is 11.8 Å². The molecule has 3 fully saturated rings. The smallest absolute Gasteiger partial charge is 0.353 e. The van der Waals surface area contributed by atoms with E-state index in [1.807, 2.05) is 6.92 Å². The second-order valence-corrected chi connectivity index (χ2v) is 9.89. The molecule has 0 bridgehead atoms. The number of aliphatic hydroxyl groups excluding tert-OH is 1. The van der Waals surface area contributed by atoms with Crippen LogP contribution in [-0.2, 0) is 9.59 Å². The summed E-state index contributed by atoms with van der Waals surface area (Å²) in [7, 11) is 0. The third-order valence-corrected chi connectivity index (χ3v) is 8.14. The molecule has 27 heavy (non-hydrogen) atoms. The maximum atomic E-state index is 12.4. The van der Waals surface area contributed by atoms with E-state index in [9.17, 15) is 19.8 Å². The molecule has 150 valence electrons. The van der Waals surface area contributed by atoms with Gasteiger partial charge in [0, 0.05) is 41.2 Å².